The van der Waals surface area contributed by atoms with E-state index in [1.807, 2.05) is 41.3 Å². The lowest BCUT2D eigenvalue weighted by Crippen LogP contribution is -2.08. The molecule has 0 bridgehead atoms. The van der Waals surface area contributed by atoms with Gasteiger partial charge < -0.3 is 5.32 Å². The van der Waals surface area contributed by atoms with Crippen LogP contribution in [0.1, 0.15) is 16.5 Å². The Kier molecular flexibility index (Phi) is 5.97. The van der Waals surface area contributed by atoms with E-state index >= 15 is 0 Å². The monoisotopic (exact) mass is 427 g/mol. The first-order valence-corrected chi connectivity index (χ1v) is 10.7. The zero-order valence-corrected chi connectivity index (χ0v) is 17.3. The molecular weight excluding hydrogens is 409 g/mol. The third kappa shape index (κ3) is 4.52. The summed E-state index contributed by atoms with van der Waals surface area (Å²) in [5.74, 6) is 0.443. The Morgan fingerprint density at radius 1 is 1.10 bits per heavy atom. The molecule has 0 radical (unpaired) electrons. The van der Waals surface area contributed by atoms with Crippen molar-refractivity contribution in [2.45, 2.75) is 23.6 Å². The van der Waals surface area contributed by atoms with Gasteiger partial charge in [-0.15, -0.1) is 11.6 Å². The van der Waals surface area contributed by atoms with E-state index < -0.39 is 0 Å². The lowest BCUT2D eigenvalue weighted by Gasteiger charge is -2.12. The topological polar surface area (TPSA) is 55.6 Å². The highest BCUT2D eigenvalue weighted by Gasteiger charge is 2.16. The average Bonchev–Trinajstić information content (AvgIpc) is 3.16. The van der Waals surface area contributed by atoms with Crippen molar-refractivity contribution < 1.29 is 4.39 Å². The molecule has 5 nitrogen and oxygen atoms in total. The summed E-state index contributed by atoms with van der Waals surface area (Å²) in [6, 6.07) is 16.3. The fraction of sp³-hybridized carbons (Fsp3) is 0.190. The van der Waals surface area contributed by atoms with Gasteiger partial charge in [0.1, 0.15) is 11.6 Å². The van der Waals surface area contributed by atoms with Crippen LogP contribution < -0.4 is 5.32 Å². The van der Waals surface area contributed by atoms with Gasteiger partial charge in [-0.05, 0) is 29.5 Å². The van der Waals surface area contributed by atoms with Crippen LogP contribution in [-0.2, 0) is 13.1 Å². The predicted molar refractivity (Wildman–Crippen MR) is 116 cm³/mol. The number of aromatic nitrogens is 4. The Labute approximate surface area is 177 Å². The summed E-state index contributed by atoms with van der Waals surface area (Å²) in [5.41, 5.74) is 2.72. The van der Waals surface area contributed by atoms with Gasteiger partial charge in [-0.25, -0.2) is 19.0 Å². The van der Waals surface area contributed by atoms with Crippen molar-refractivity contribution in [1.82, 2.24) is 19.7 Å². The normalized spacial score (nSPS) is 12.2. The average molecular weight is 428 g/mol. The molecule has 1 atom stereocenters. The molecule has 2 aromatic carbocycles. The van der Waals surface area contributed by atoms with E-state index in [1.165, 1.54) is 23.9 Å². The first-order chi connectivity index (χ1) is 14.1. The number of thioether (sulfide) groups is 1. The number of nitrogens with one attached hydrogen (secondary N) is 1. The fourth-order valence-corrected chi connectivity index (χ4v) is 3.64. The number of anilines is 1. The van der Waals surface area contributed by atoms with E-state index in [4.69, 9.17) is 11.6 Å². The molecule has 0 aliphatic carbocycles. The molecule has 29 heavy (non-hydrogen) atoms. The minimum atomic E-state index is -0.252. The van der Waals surface area contributed by atoms with Crippen molar-refractivity contribution in [3.63, 3.8) is 0 Å². The molecule has 4 rings (SSSR count). The zero-order valence-electron chi connectivity index (χ0n) is 15.7. The van der Waals surface area contributed by atoms with Crippen LogP contribution in [0.4, 0.5) is 10.2 Å². The molecule has 0 aliphatic heterocycles. The number of hydrogen-bond acceptors (Lipinski definition) is 5. The van der Waals surface area contributed by atoms with Crippen LogP contribution in [0.15, 0.2) is 66.0 Å². The second-order valence-electron chi connectivity index (χ2n) is 6.48. The highest BCUT2D eigenvalue weighted by molar-refractivity contribution is 7.98. The number of hydrogen-bond donors (Lipinski definition) is 1. The molecule has 0 saturated heterocycles. The number of nitrogens with zero attached hydrogens (tertiary/aromatic N) is 4. The van der Waals surface area contributed by atoms with Gasteiger partial charge in [-0.1, -0.05) is 54.2 Å². The SMILES string of the molecule is CSc1nc(NCc2ccc(F)cc2)c2cnn(CC(Cl)c3ccccc3)c2n1. The molecular formula is C21H19ClFN5S. The van der Waals surface area contributed by atoms with Crippen molar-refractivity contribution in [2.75, 3.05) is 11.6 Å². The summed E-state index contributed by atoms with van der Waals surface area (Å²) in [7, 11) is 0. The van der Waals surface area contributed by atoms with Crippen LogP contribution in [-0.4, -0.2) is 26.0 Å². The summed E-state index contributed by atoms with van der Waals surface area (Å²) >= 11 is 8.07. The molecule has 0 saturated carbocycles. The maximum atomic E-state index is 13.1. The van der Waals surface area contributed by atoms with Gasteiger partial charge in [-0.2, -0.15) is 5.10 Å². The van der Waals surface area contributed by atoms with E-state index in [9.17, 15) is 4.39 Å². The van der Waals surface area contributed by atoms with Gasteiger partial charge in [-0.3, -0.25) is 0 Å². The molecule has 0 amide bonds. The number of alkyl halides is 1. The molecule has 0 aliphatic rings. The molecule has 0 spiro atoms. The summed E-state index contributed by atoms with van der Waals surface area (Å²) in [5, 5.41) is 9.06. The second-order valence-corrected chi connectivity index (χ2v) is 7.78. The molecule has 2 aromatic heterocycles. The summed E-state index contributed by atoms with van der Waals surface area (Å²) < 4.78 is 14.9. The Hall–Kier alpha value is -2.64. The van der Waals surface area contributed by atoms with Gasteiger partial charge in [0, 0.05) is 6.54 Å². The minimum Gasteiger partial charge on any atom is -0.365 e. The predicted octanol–water partition coefficient (Wildman–Crippen LogP) is 5.28. The molecule has 1 unspecified atom stereocenters. The number of fused-ring (bicyclic) bond motifs is 1. The van der Waals surface area contributed by atoms with E-state index in [0.717, 1.165) is 22.2 Å². The fourth-order valence-electron chi connectivity index (χ4n) is 3.00. The third-order valence-electron chi connectivity index (χ3n) is 4.53. The van der Waals surface area contributed by atoms with Crippen molar-refractivity contribution in [2.24, 2.45) is 0 Å². The number of halogens is 2. The summed E-state index contributed by atoms with van der Waals surface area (Å²) in [6.07, 6.45) is 3.68. The molecule has 0 fully saturated rings. The maximum Gasteiger partial charge on any atom is 0.191 e. The van der Waals surface area contributed by atoms with Gasteiger partial charge in [0.2, 0.25) is 0 Å². The van der Waals surface area contributed by atoms with Crippen molar-refractivity contribution in [1.29, 1.82) is 0 Å². The third-order valence-corrected chi connectivity index (χ3v) is 5.46. The first-order valence-electron chi connectivity index (χ1n) is 9.09. The smallest absolute Gasteiger partial charge is 0.191 e. The molecule has 8 heteroatoms. The molecule has 4 aromatic rings. The minimum absolute atomic E-state index is 0.220. The van der Waals surface area contributed by atoms with Crippen LogP contribution in [0.5, 0.6) is 0 Å². The quantitative estimate of drug-likeness (QED) is 0.247. The van der Waals surface area contributed by atoms with E-state index in [2.05, 4.69) is 20.4 Å². The highest BCUT2D eigenvalue weighted by Crippen LogP contribution is 2.27. The standard InChI is InChI=1S/C21H19ClFN5S/c1-29-21-26-19(24-11-14-7-9-16(23)10-8-14)17-12-25-28(20(17)27-21)13-18(22)15-5-3-2-4-6-15/h2-10,12,18H,11,13H2,1H3,(H,24,26,27). The van der Waals surface area contributed by atoms with Crippen molar-refractivity contribution in [3.8, 4) is 0 Å². The Morgan fingerprint density at radius 2 is 1.86 bits per heavy atom. The largest absolute Gasteiger partial charge is 0.365 e. The molecule has 148 valence electrons. The van der Waals surface area contributed by atoms with Gasteiger partial charge in [0.25, 0.3) is 0 Å². The number of rotatable bonds is 7. The lowest BCUT2D eigenvalue weighted by molar-refractivity contribution is 0.613. The molecule has 1 N–H and O–H groups in total. The van der Waals surface area contributed by atoms with Crippen LogP contribution in [0.25, 0.3) is 11.0 Å². The van der Waals surface area contributed by atoms with Crippen LogP contribution in [0.3, 0.4) is 0 Å². The van der Waals surface area contributed by atoms with E-state index in [-0.39, 0.29) is 11.2 Å². The van der Waals surface area contributed by atoms with Crippen LogP contribution >= 0.6 is 23.4 Å². The van der Waals surface area contributed by atoms with Crippen molar-refractivity contribution >= 4 is 40.2 Å². The summed E-state index contributed by atoms with van der Waals surface area (Å²) in [4.78, 5) is 9.21. The molecule has 2 heterocycles. The maximum absolute atomic E-state index is 13.1. The van der Waals surface area contributed by atoms with Gasteiger partial charge in [0.05, 0.1) is 23.5 Å². The van der Waals surface area contributed by atoms with Crippen molar-refractivity contribution in [3.05, 3.63) is 77.7 Å². The number of benzene rings is 2. The van der Waals surface area contributed by atoms with Gasteiger partial charge in [0.15, 0.2) is 10.8 Å². The van der Waals surface area contributed by atoms with Gasteiger partial charge >= 0.3 is 0 Å². The van der Waals surface area contributed by atoms with Crippen LogP contribution in [0.2, 0.25) is 0 Å². The Bertz CT molecular complexity index is 1100. The Morgan fingerprint density at radius 3 is 2.59 bits per heavy atom. The Balaban J connectivity index is 1.61. The second kappa shape index (κ2) is 8.80. The van der Waals surface area contributed by atoms with E-state index in [0.29, 0.717) is 24.1 Å². The van der Waals surface area contributed by atoms with E-state index in [1.54, 1.807) is 18.3 Å². The first kappa shape index (κ1) is 19.7. The zero-order chi connectivity index (χ0) is 20.2. The lowest BCUT2D eigenvalue weighted by atomic mass is 10.1. The van der Waals surface area contributed by atoms with Crippen LogP contribution in [0, 0.1) is 5.82 Å². The highest BCUT2D eigenvalue weighted by atomic mass is 35.5. The summed E-state index contributed by atoms with van der Waals surface area (Å²) in [6.45, 7) is 1.02.